The molecule has 0 radical (unpaired) electrons. The van der Waals surface area contributed by atoms with Crippen molar-refractivity contribution in [2.24, 2.45) is 5.41 Å². The third-order valence-corrected chi connectivity index (χ3v) is 13.3. The number of rotatable bonds is 8. The van der Waals surface area contributed by atoms with E-state index in [-0.39, 0.29) is 11.4 Å². The third-order valence-electron chi connectivity index (χ3n) is 5.24. The number of hydrogen-bond donors (Lipinski definition) is 0. The van der Waals surface area contributed by atoms with E-state index >= 15 is 0 Å². The highest BCUT2D eigenvalue weighted by Crippen LogP contribution is 2.50. The second-order valence-electron chi connectivity index (χ2n) is 9.16. The van der Waals surface area contributed by atoms with Gasteiger partial charge in [-0.25, -0.2) is 4.79 Å². The fourth-order valence-corrected chi connectivity index (χ4v) is 12.1. The van der Waals surface area contributed by atoms with E-state index in [1.54, 1.807) is 0 Å². The molecule has 0 unspecified atom stereocenters. The highest BCUT2D eigenvalue weighted by atomic mass is 28.3. The Bertz CT molecular complexity index is 435. The van der Waals surface area contributed by atoms with Gasteiger partial charge in [-0.05, 0) is 36.5 Å². The van der Waals surface area contributed by atoms with Crippen LogP contribution in [-0.4, -0.2) is 23.1 Å². The van der Waals surface area contributed by atoms with Gasteiger partial charge in [0.25, 0.3) is 0 Å². The average Bonchev–Trinajstić information content (AvgIpc) is 2.39. The van der Waals surface area contributed by atoms with Gasteiger partial charge in [-0.1, -0.05) is 79.5 Å². The lowest BCUT2D eigenvalue weighted by atomic mass is 9.93. The van der Waals surface area contributed by atoms with Crippen LogP contribution in [0.15, 0.2) is 10.8 Å². The summed E-state index contributed by atoms with van der Waals surface area (Å²) in [5.41, 5.74) is 2.17. The summed E-state index contributed by atoms with van der Waals surface area (Å²) in [6, 6.07) is 1.27. The van der Waals surface area contributed by atoms with Crippen molar-refractivity contribution in [2.45, 2.75) is 105 Å². The van der Waals surface area contributed by atoms with Crippen molar-refractivity contribution in [3.63, 3.8) is 0 Å². The lowest BCUT2D eigenvalue weighted by Gasteiger charge is -2.47. The molecule has 0 rings (SSSR count). The van der Waals surface area contributed by atoms with Crippen LogP contribution >= 0.6 is 0 Å². The zero-order chi connectivity index (χ0) is 19.3. The van der Waals surface area contributed by atoms with Crippen LogP contribution in [0.4, 0.5) is 0 Å². The van der Waals surface area contributed by atoms with Crippen LogP contribution < -0.4 is 0 Å². The summed E-state index contributed by atoms with van der Waals surface area (Å²) in [4.78, 5) is 12.8. The van der Waals surface area contributed by atoms with Gasteiger partial charge in [0.05, 0.1) is 8.07 Å². The molecule has 2 nitrogen and oxygen atoms in total. The van der Waals surface area contributed by atoms with Gasteiger partial charge in [0, 0.05) is 5.57 Å². The molecule has 142 valence electrons. The second kappa shape index (κ2) is 9.37. The van der Waals surface area contributed by atoms with Gasteiger partial charge in [-0.2, -0.15) is 0 Å². The van der Waals surface area contributed by atoms with E-state index in [1.807, 2.05) is 6.92 Å². The Labute approximate surface area is 154 Å². The summed E-state index contributed by atoms with van der Waals surface area (Å²) in [5, 5.41) is 1.45. The molecule has 0 aromatic rings. The molecule has 0 spiro atoms. The number of carbonyl (C=O) groups is 1. The van der Waals surface area contributed by atoms with E-state index in [0.717, 1.165) is 5.57 Å². The zero-order valence-electron chi connectivity index (χ0n) is 18.2. The molecule has 0 aromatic carbocycles. The maximum absolute atomic E-state index is 12.8. The third kappa shape index (κ3) is 5.58. The first-order valence-corrected chi connectivity index (χ1v) is 14.9. The number of allylic oxidation sites excluding steroid dienone is 1. The van der Waals surface area contributed by atoms with Crippen LogP contribution in [0.5, 0.6) is 0 Å². The van der Waals surface area contributed by atoms with Crippen LogP contribution in [0.3, 0.4) is 0 Å². The van der Waals surface area contributed by atoms with E-state index < -0.39 is 17.1 Å². The molecule has 0 aliphatic heterocycles. The molecule has 24 heavy (non-hydrogen) atoms. The maximum Gasteiger partial charge on any atom is 0.319 e. The van der Waals surface area contributed by atoms with Gasteiger partial charge in [0.2, 0.25) is 9.04 Å². The van der Waals surface area contributed by atoms with Gasteiger partial charge in [-0.15, -0.1) is 0 Å². The fraction of sp³-hybridized carbons (Fsp3) is 0.850. The number of hydrogen-bond acceptors (Lipinski definition) is 2. The molecule has 0 aromatic heterocycles. The number of carbonyl (C=O) groups excluding carboxylic acids is 1. The summed E-state index contributed by atoms with van der Waals surface area (Å²) < 4.78 is 5.71. The Hall–Kier alpha value is -0.356. The minimum Gasteiger partial charge on any atom is -0.519 e. The molecule has 0 atom stereocenters. The summed E-state index contributed by atoms with van der Waals surface area (Å²) in [6.07, 6.45) is 2.47. The lowest BCUT2D eigenvalue weighted by molar-refractivity contribution is -0.130. The van der Waals surface area contributed by atoms with Gasteiger partial charge in [0.15, 0.2) is 0 Å². The standard InChI is InChI=1S/C20H42O2Si2/c1-12-13-14-24(15(2)3,16(4)5)18(20(7,8)9)17(6)19(21)22-23(10)11/h15-16,23H,12-14H2,1-11H3. The molecule has 0 bridgehead atoms. The fourth-order valence-electron chi connectivity index (χ4n) is 4.43. The van der Waals surface area contributed by atoms with Crippen LogP contribution in [0.1, 0.15) is 75.2 Å². The molecule has 0 N–H and O–H groups in total. The zero-order valence-corrected chi connectivity index (χ0v) is 20.3. The van der Waals surface area contributed by atoms with Crippen LogP contribution in [0.2, 0.25) is 30.2 Å². The monoisotopic (exact) mass is 370 g/mol. The van der Waals surface area contributed by atoms with Crippen molar-refractivity contribution in [3.05, 3.63) is 10.8 Å². The van der Waals surface area contributed by atoms with Crippen molar-refractivity contribution in [1.82, 2.24) is 0 Å². The Morgan fingerprint density at radius 1 is 1.08 bits per heavy atom. The predicted molar refractivity (Wildman–Crippen MR) is 113 cm³/mol. The van der Waals surface area contributed by atoms with Gasteiger partial charge >= 0.3 is 5.97 Å². The van der Waals surface area contributed by atoms with Gasteiger partial charge in [-0.3, -0.25) is 0 Å². The molecule has 0 heterocycles. The highest BCUT2D eigenvalue weighted by molar-refractivity contribution is 6.89. The van der Waals surface area contributed by atoms with Crippen molar-refractivity contribution in [1.29, 1.82) is 0 Å². The summed E-state index contributed by atoms with van der Waals surface area (Å²) in [5.74, 6) is -0.0590. The Kier molecular flexibility index (Phi) is 9.23. The van der Waals surface area contributed by atoms with Crippen molar-refractivity contribution >= 4 is 23.1 Å². The van der Waals surface area contributed by atoms with E-state index in [2.05, 4.69) is 68.5 Å². The minimum absolute atomic E-state index is 0.0101. The topological polar surface area (TPSA) is 26.3 Å². The lowest BCUT2D eigenvalue weighted by Crippen LogP contribution is -2.49. The smallest absolute Gasteiger partial charge is 0.319 e. The molecule has 0 saturated carbocycles. The van der Waals surface area contributed by atoms with Crippen molar-refractivity contribution in [2.75, 3.05) is 0 Å². The van der Waals surface area contributed by atoms with Crippen molar-refractivity contribution in [3.8, 4) is 0 Å². The van der Waals surface area contributed by atoms with E-state index in [9.17, 15) is 4.79 Å². The molecule has 0 aliphatic rings. The molecule has 0 aliphatic carbocycles. The molecule has 0 saturated heterocycles. The van der Waals surface area contributed by atoms with Crippen LogP contribution in [0.25, 0.3) is 0 Å². The van der Waals surface area contributed by atoms with E-state index in [0.29, 0.717) is 11.1 Å². The largest absolute Gasteiger partial charge is 0.519 e. The minimum atomic E-state index is -1.82. The predicted octanol–water partition coefficient (Wildman–Crippen LogP) is 6.48. The quantitative estimate of drug-likeness (QED) is 0.361. The first kappa shape index (κ1) is 23.6. The van der Waals surface area contributed by atoms with E-state index in [1.165, 1.54) is 24.1 Å². The van der Waals surface area contributed by atoms with Crippen LogP contribution in [0, 0.1) is 5.41 Å². The average molecular weight is 371 g/mol. The SMILES string of the molecule is CCCC[Si](C(=C(C)C(=O)O[SiH](C)C)C(C)(C)C)(C(C)C)C(C)C. The highest BCUT2D eigenvalue weighted by Gasteiger charge is 2.47. The Morgan fingerprint density at radius 2 is 1.54 bits per heavy atom. The molecule has 0 amide bonds. The summed E-state index contributed by atoms with van der Waals surface area (Å²) >= 11 is 0. The summed E-state index contributed by atoms with van der Waals surface area (Å²) in [6.45, 7) is 24.8. The molecular formula is C20H42O2Si2. The second-order valence-corrected chi connectivity index (χ2v) is 16.9. The molecule has 4 heteroatoms. The Morgan fingerprint density at radius 3 is 1.83 bits per heavy atom. The van der Waals surface area contributed by atoms with Gasteiger partial charge < -0.3 is 4.43 Å². The first-order valence-electron chi connectivity index (χ1n) is 9.75. The first-order chi connectivity index (χ1) is 10.8. The normalized spacial score (nSPS) is 14.4. The van der Waals surface area contributed by atoms with Crippen molar-refractivity contribution < 1.29 is 9.22 Å². The number of unbranched alkanes of at least 4 members (excludes halogenated alkanes) is 1. The van der Waals surface area contributed by atoms with E-state index in [4.69, 9.17) is 4.43 Å². The molecule has 0 fully saturated rings. The van der Waals surface area contributed by atoms with Gasteiger partial charge in [0.1, 0.15) is 0 Å². The Balaban J connectivity index is 6.49. The van der Waals surface area contributed by atoms with Crippen LogP contribution in [-0.2, 0) is 9.22 Å². The molecular weight excluding hydrogens is 328 g/mol. The summed E-state index contributed by atoms with van der Waals surface area (Å²) in [7, 11) is -3.19. The maximum atomic E-state index is 12.8.